The van der Waals surface area contributed by atoms with Crippen molar-refractivity contribution >= 4 is 17.6 Å². The number of likely N-dealkylation sites (tertiary alicyclic amines) is 1. The van der Waals surface area contributed by atoms with E-state index in [2.05, 4.69) is 22.5 Å². The molecule has 0 unspecified atom stereocenters. The van der Waals surface area contributed by atoms with Gasteiger partial charge in [-0.15, -0.1) is 0 Å². The van der Waals surface area contributed by atoms with Crippen molar-refractivity contribution < 1.29 is 19.1 Å². The van der Waals surface area contributed by atoms with Gasteiger partial charge in [0, 0.05) is 38.7 Å². The number of aromatic nitrogens is 1. The van der Waals surface area contributed by atoms with Crippen LogP contribution in [0.2, 0.25) is 0 Å². The number of hydrogen-bond donors (Lipinski definition) is 2. The Balaban J connectivity index is 1.70. The second-order valence-electron chi connectivity index (χ2n) is 6.15. The van der Waals surface area contributed by atoms with Gasteiger partial charge < -0.3 is 25.0 Å². The highest BCUT2D eigenvalue weighted by molar-refractivity contribution is 5.89. The van der Waals surface area contributed by atoms with Crippen LogP contribution in [-0.4, -0.2) is 61.3 Å². The predicted molar refractivity (Wildman–Crippen MR) is 98.3 cm³/mol. The SMILES string of the molecule is CC[C@@H](CCNC(=O)Nc1ccc(OCCOC)nc1)N1CCCC1=O. The van der Waals surface area contributed by atoms with Gasteiger partial charge in [-0.1, -0.05) is 6.92 Å². The summed E-state index contributed by atoms with van der Waals surface area (Å²) in [5.41, 5.74) is 0.586. The van der Waals surface area contributed by atoms with Crippen molar-refractivity contribution in [2.24, 2.45) is 0 Å². The maximum absolute atomic E-state index is 12.0. The first-order valence-corrected chi connectivity index (χ1v) is 9.06. The van der Waals surface area contributed by atoms with Gasteiger partial charge in [0.15, 0.2) is 0 Å². The summed E-state index contributed by atoms with van der Waals surface area (Å²) in [6, 6.07) is 3.32. The Kier molecular flexibility index (Phi) is 8.14. The lowest BCUT2D eigenvalue weighted by Crippen LogP contribution is -2.39. The van der Waals surface area contributed by atoms with Crippen molar-refractivity contribution in [3.8, 4) is 5.88 Å². The number of pyridine rings is 1. The summed E-state index contributed by atoms with van der Waals surface area (Å²) in [4.78, 5) is 29.9. The first-order chi connectivity index (χ1) is 12.6. The quantitative estimate of drug-likeness (QED) is 0.620. The molecule has 2 heterocycles. The van der Waals surface area contributed by atoms with Crippen LogP contribution in [0.3, 0.4) is 0 Å². The second kappa shape index (κ2) is 10.6. The molecule has 0 aromatic carbocycles. The van der Waals surface area contributed by atoms with Gasteiger partial charge in [0.05, 0.1) is 18.5 Å². The average Bonchev–Trinajstić information content (AvgIpc) is 3.06. The first kappa shape index (κ1) is 20.0. The summed E-state index contributed by atoms with van der Waals surface area (Å²) < 4.78 is 10.3. The minimum Gasteiger partial charge on any atom is -0.475 e. The maximum Gasteiger partial charge on any atom is 0.319 e. The molecule has 1 aliphatic heterocycles. The number of nitrogens with one attached hydrogen (secondary N) is 2. The summed E-state index contributed by atoms with van der Waals surface area (Å²) in [6.07, 6.45) is 4.76. The molecule has 8 heteroatoms. The highest BCUT2D eigenvalue weighted by Gasteiger charge is 2.26. The van der Waals surface area contributed by atoms with Crippen molar-refractivity contribution in [1.82, 2.24) is 15.2 Å². The number of anilines is 1. The monoisotopic (exact) mass is 364 g/mol. The van der Waals surface area contributed by atoms with Crippen LogP contribution < -0.4 is 15.4 Å². The smallest absolute Gasteiger partial charge is 0.319 e. The van der Waals surface area contributed by atoms with Crippen LogP contribution in [0.15, 0.2) is 18.3 Å². The fourth-order valence-corrected chi connectivity index (χ4v) is 2.93. The van der Waals surface area contributed by atoms with Crippen molar-refractivity contribution in [1.29, 1.82) is 0 Å². The van der Waals surface area contributed by atoms with Crippen molar-refractivity contribution in [3.05, 3.63) is 18.3 Å². The number of carbonyl (C=O) groups is 2. The predicted octanol–water partition coefficient (Wildman–Crippen LogP) is 2.02. The normalized spacial score (nSPS) is 15.0. The molecular formula is C18H28N4O4. The van der Waals surface area contributed by atoms with E-state index < -0.39 is 0 Å². The Hall–Kier alpha value is -2.35. The zero-order valence-corrected chi connectivity index (χ0v) is 15.5. The van der Waals surface area contributed by atoms with Gasteiger partial charge in [-0.2, -0.15) is 0 Å². The molecule has 1 saturated heterocycles. The van der Waals surface area contributed by atoms with Crippen molar-refractivity contribution in [2.75, 3.05) is 38.7 Å². The molecule has 1 aliphatic rings. The lowest BCUT2D eigenvalue weighted by Gasteiger charge is -2.26. The Bertz CT molecular complexity index is 579. The van der Waals surface area contributed by atoms with Gasteiger partial charge in [-0.05, 0) is 25.3 Å². The molecule has 0 aliphatic carbocycles. The average molecular weight is 364 g/mol. The Morgan fingerprint density at radius 3 is 2.85 bits per heavy atom. The van der Waals surface area contributed by atoms with Crippen LogP contribution in [0.1, 0.15) is 32.6 Å². The molecule has 1 atom stereocenters. The van der Waals surface area contributed by atoms with Crippen LogP contribution in [0.5, 0.6) is 5.88 Å². The van der Waals surface area contributed by atoms with Crippen LogP contribution in [-0.2, 0) is 9.53 Å². The molecule has 0 spiro atoms. The molecule has 0 saturated carbocycles. The molecular weight excluding hydrogens is 336 g/mol. The van der Waals surface area contributed by atoms with Gasteiger partial charge >= 0.3 is 6.03 Å². The molecule has 0 bridgehead atoms. The molecule has 1 aromatic heterocycles. The van der Waals surface area contributed by atoms with E-state index in [-0.39, 0.29) is 18.0 Å². The third kappa shape index (κ3) is 6.18. The van der Waals surface area contributed by atoms with Crippen LogP contribution >= 0.6 is 0 Å². The summed E-state index contributed by atoms with van der Waals surface area (Å²) >= 11 is 0. The number of rotatable bonds is 10. The van der Waals surface area contributed by atoms with E-state index in [1.807, 2.05) is 4.90 Å². The zero-order chi connectivity index (χ0) is 18.8. The minimum absolute atomic E-state index is 0.190. The van der Waals surface area contributed by atoms with Crippen LogP contribution in [0, 0.1) is 0 Å². The van der Waals surface area contributed by atoms with E-state index in [9.17, 15) is 9.59 Å². The van der Waals surface area contributed by atoms with E-state index >= 15 is 0 Å². The van der Waals surface area contributed by atoms with Gasteiger partial charge in [0.25, 0.3) is 0 Å². The van der Waals surface area contributed by atoms with E-state index in [0.717, 1.165) is 25.8 Å². The summed E-state index contributed by atoms with van der Waals surface area (Å²) in [6.45, 7) is 4.33. The molecule has 8 nitrogen and oxygen atoms in total. The number of nitrogens with zero attached hydrogens (tertiary/aromatic N) is 2. The highest BCUT2D eigenvalue weighted by Crippen LogP contribution is 2.17. The molecule has 144 valence electrons. The maximum atomic E-state index is 12.0. The molecule has 1 fully saturated rings. The molecule has 0 radical (unpaired) electrons. The van der Waals surface area contributed by atoms with Gasteiger partial charge in [0.2, 0.25) is 11.8 Å². The van der Waals surface area contributed by atoms with E-state index in [1.54, 1.807) is 25.4 Å². The second-order valence-corrected chi connectivity index (χ2v) is 6.15. The standard InChI is InChI=1S/C18H28N4O4/c1-3-15(22-10-4-5-17(22)23)8-9-19-18(24)21-14-6-7-16(20-13-14)26-12-11-25-2/h6-7,13,15H,3-5,8-12H2,1-2H3,(H2,19,21,24)/t15-/m0/s1. The Morgan fingerprint density at radius 2 is 2.23 bits per heavy atom. The van der Waals surface area contributed by atoms with Gasteiger partial charge in [0.1, 0.15) is 6.61 Å². The van der Waals surface area contributed by atoms with Crippen LogP contribution in [0.4, 0.5) is 10.5 Å². The fraction of sp³-hybridized carbons (Fsp3) is 0.611. The molecule has 26 heavy (non-hydrogen) atoms. The Labute approximate surface area is 154 Å². The largest absolute Gasteiger partial charge is 0.475 e. The van der Waals surface area contributed by atoms with E-state index in [0.29, 0.717) is 37.7 Å². The fourth-order valence-electron chi connectivity index (χ4n) is 2.93. The zero-order valence-electron chi connectivity index (χ0n) is 15.5. The lowest BCUT2D eigenvalue weighted by atomic mass is 10.1. The number of hydrogen-bond acceptors (Lipinski definition) is 5. The summed E-state index contributed by atoms with van der Waals surface area (Å²) in [5, 5.41) is 5.56. The number of amides is 3. The number of ether oxygens (including phenoxy) is 2. The molecule has 3 amide bonds. The molecule has 2 rings (SSSR count). The lowest BCUT2D eigenvalue weighted by molar-refractivity contribution is -0.129. The number of carbonyl (C=O) groups excluding carboxylic acids is 2. The van der Waals surface area contributed by atoms with Crippen molar-refractivity contribution in [2.45, 2.75) is 38.6 Å². The van der Waals surface area contributed by atoms with Crippen molar-refractivity contribution in [3.63, 3.8) is 0 Å². The van der Waals surface area contributed by atoms with E-state index in [1.165, 1.54) is 0 Å². The molecule has 1 aromatic rings. The summed E-state index contributed by atoms with van der Waals surface area (Å²) in [5.74, 6) is 0.703. The third-order valence-electron chi connectivity index (χ3n) is 4.32. The van der Waals surface area contributed by atoms with Crippen LogP contribution in [0.25, 0.3) is 0 Å². The number of urea groups is 1. The van der Waals surface area contributed by atoms with Gasteiger partial charge in [-0.25, -0.2) is 9.78 Å². The molecule has 2 N–H and O–H groups in total. The Morgan fingerprint density at radius 1 is 1.38 bits per heavy atom. The number of methoxy groups -OCH3 is 1. The minimum atomic E-state index is -0.289. The van der Waals surface area contributed by atoms with Gasteiger partial charge in [-0.3, -0.25) is 4.79 Å². The summed E-state index contributed by atoms with van der Waals surface area (Å²) in [7, 11) is 1.61. The highest BCUT2D eigenvalue weighted by atomic mass is 16.5. The first-order valence-electron chi connectivity index (χ1n) is 9.06. The topological polar surface area (TPSA) is 92.8 Å². The van der Waals surface area contributed by atoms with E-state index in [4.69, 9.17) is 9.47 Å². The third-order valence-corrected chi connectivity index (χ3v) is 4.32.